The summed E-state index contributed by atoms with van der Waals surface area (Å²) >= 11 is 0. The Morgan fingerprint density at radius 1 is 1.44 bits per heavy atom. The van der Waals surface area contributed by atoms with Gasteiger partial charge in [-0.1, -0.05) is 19.0 Å². The number of nitrogen functional groups attached to an aromatic ring is 1. The first kappa shape index (κ1) is 10.7. The average molecular weight is 227 g/mol. The molecule has 1 atom stereocenters. The molecule has 0 saturated carbocycles. The summed E-state index contributed by atoms with van der Waals surface area (Å²) in [5.74, 6) is 0.157. The molecule has 0 radical (unpaired) electrons. The number of rotatable bonds is 2. The zero-order valence-electron chi connectivity index (χ0n) is 9.21. The molecule has 0 fully saturated rings. The van der Waals surface area contributed by atoms with Gasteiger partial charge >= 0.3 is 0 Å². The van der Waals surface area contributed by atoms with E-state index in [9.17, 15) is 5.21 Å². The Kier molecular flexibility index (Phi) is 2.23. The van der Waals surface area contributed by atoms with Crippen molar-refractivity contribution in [2.75, 3.05) is 5.73 Å². The molecule has 1 aromatic heterocycles. The second-order valence-electron chi connectivity index (χ2n) is 4.03. The Morgan fingerprint density at radius 2 is 2.12 bits per heavy atom. The third kappa shape index (κ3) is 1.30. The van der Waals surface area contributed by atoms with Crippen molar-refractivity contribution in [1.29, 1.82) is 0 Å². The van der Waals surface area contributed by atoms with E-state index >= 15 is 0 Å². The summed E-state index contributed by atoms with van der Waals surface area (Å²) in [6.07, 6.45) is 0. The first-order valence-electron chi connectivity index (χ1n) is 4.80. The summed E-state index contributed by atoms with van der Waals surface area (Å²) in [5, 5.41) is 21.6. The number of aromatic nitrogens is 2. The summed E-state index contributed by atoms with van der Waals surface area (Å²) in [6.45, 7) is 5.50. The van der Waals surface area contributed by atoms with Gasteiger partial charge in [0, 0.05) is 5.92 Å². The number of nitrogens with two attached hydrogens (primary N) is 1. The minimum Gasteiger partial charge on any atom is -0.379 e. The molecule has 1 aliphatic rings. The number of oxime groups is 1. The van der Waals surface area contributed by atoms with Crippen molar-refractivity contribution in [1.82, 2.24) is 15.4 Å². The second-order valence-corrected chi connectivity index (χ2v) is 4.03. The smallest absolute Gasteiger partial charge is 0.233 e. The van der Waals surface area contributed by atoms with Crippen LogP contribution in [0.25, 0.3) is 0 Å². The standard InChI is InChI=1S/C8H13N5O3/c1-4(2)8(3)13(14)7(12-15-8)5-6(9)11-16-10-5/h4,14H,1-3H3,(H2,9,11). The van der Waals surface area contributed by atoms with Crippen LogP contribution in [-0.2, 0) is 4.84 Å². The van der Waals surface area contributed by atoms with E-state index in [2.05, 4.69) is 20.1 Å². The van der Waals surface area contributed by atoms with Gasteiger partial charge in [0.15, 0.2) is 11.5 Å². The van der Waals surface area contributed by atoms with E-state index in [0.29, 0.717) is 0 Å². The highest BCUT2D eigenvalue weighted by atomic mass is 16.7. The zero-order valence-corrected chi connectivity index (χ0v) is 9.21. The van der Waals surface area contributed by atoms with E-state index in [1.165, 1.54) is 0 Å². The Bertz CT molecular complexity index is 429. The van der Waals surface area contributed by atoms with Gasteiger partial charge in [-0.15, -0.1) is 0 Å². The van der Waals surface area contributed by atoms with E-state index in [1.807, 2.05) is 13.8 Å². The monoisotopic (exact) mass is 227 g/mol. The van der Waals surface area contributed by atoms with Crippen LogP contribution < -0.4 is 5.73 Å². The molecule has 0 bridgehead atoms. The molecule has 16 heavy (non-hydrogen) atoms. The van der Waals surface area contributed by atoms with Gasteiger partial charge in [-0.3, -0.25) is 5.21 Å². The van der Waals surface area contributed by atoms with Crippen molar-refractivity contribution in [2.45, 2.75) is 26.5 Å². The SMILES string of the molecule is CC(C)C1(C)ON=C(c2nonc2N)N1O. The van der Waals surface area contributed by atoms with Crippen LogP contribution in [0.15, 0.2) is 9.78 Å². The normalized spacial score (nSPS) is 24.8. The molecule has 0 aliphatic carbocycles. The van der Waals surface area contributed by atoms with Crippen LogP contribution in [0.3, 0.4) is 0 Å². The van der Waals surface area contributed by atoms with Crippen molar-refractivity contribution in [3.63, 3.8) is 0 Å². The van der Waals surface area contributed by atoms with Gasteiger partial charge in [0.1, 0.15) is 0 Å². The fraction of sp³-hybridized carbons (Fsp3) is 0.625. The molecule has 2 rings (SSSR count). The predicted octanol–water partition coefficient (Wildman–Crippen LogP) is 0.407. The maximum Gasteiger partial charge on any atom is 0.233 e. The minimum atomic E-state index is -0.944. The summed E-state index contributed by atoms with van der Waals surface area (Å²) in [4.78, 5) is 5.20. The molecular formula is C8H13N5O3. The molecule has 8 heteroatoms. The van der Waals surface area contributed by atoms with E-state index in [-0.39, 0.29) is 23.3 Å². The van der Waals surface area contributed by atoms with Crippen LogP contribution in [0.4, 0.5) is 5.82 Å². The lowest BCUT2D eigenvalue weighted by Crippen LogP contribution is -2.48. The summed E-state index contributed by atoms with van der Waals surface area (Å²) in [5.41, 5.74) is 4.72. The van der Waals surface area contributed by atoms with Crippen LogP contribution in [0, 0.1) is 5.92 Å². The molecule has 2 heterocycles. The van der Waals surface area contributed by atoms with Crippen molar-refractivity contribution in [3.8, 4) is 0 Å². The maximum atomic E-state index is 9.99. The molecule has 1 unspecified atom stereocenters. The fourth-order valence-corrected chi connectivity index (χ4v) is 1.27. The van der Waals surface area contributed by atoms with Crippen LogP contribution in [0.1, 0.15) is 26.5 Å². The summed E-state index contributed by atoms with van der Waals surface area (Å²) in [7, 11) is 0. The van der Waals surface area contributed by atoms with Gasteiger partial charge in [-0.05, 0) is 17.2 Å². The van der Waals surface area contributed by atoms with Gasteiger partial charge in [0.05, 0.1) is 0 Å². The van der Waals surface area contributed by atoms with Crippen molar-refractivity contribution >= 4 is 11.7 Å². The van der Waals surface area contributed by atoms with Crippen molar-refractivity contribution < 1.29 is 14.7 Å². The van der Waals surface area contributed by atoms with Crippen molar-refractivity contribution in [2.24, 2.45) is 11.1 Å². The molecule has 0 spiro atoms. The molecule has 0 saturated heterocycles. The molecule has 1 aromatic rings. The quantitative estimate of drug-likeness (QED) is 0.752. The van der Waals surface area contributed by atoms with Gasteiger partial charge in [-0.25, -0.2) is 4.63 Å². The highest BCUT2D eigenvalue weighted by molar-refractivity contribution is 6.00. The van der Waals surface area contributed by atoms with E-state index in [4.69, 9.17) is 10.6 Å². The lowest BCUT2D eigenvalue weighted by molar-refractivity contribution is -0.225. The highest BCUT2D eigenvalue weighted by Crippen LogP contribution is 2.32. The first-order chi connectivity index (χ1) is 7.47. The lowest BCUT2D eigenvalue weighted by Gasteiger charge is -2.31. The second kappa shape index (κ2) is 3.34. The summed E-state index contributed by atoms with van der Waals surface area (Å²) in [6, 6.07) is 0. The number of hydroxylamine groups is 2. The molecular weight excluding hydrogens is 214 g/mol. The Balaban J connectivity index is 2.32. The number of hydrogen-bond acceptors (Lipinski definition) is 8. The minimum absolute atomic E-state index is 0.0137. The highest BCUT2D eigenvalue weighted by Gasteiger charge is 2.46. The van der Waals surface area contributed by atoms with Crippen LogP contribution in [0.2, 0.25) is 0 Å². The van der Waals surface area contributed by atoms with Gasteiger partial charge in [0.2, 0.25) is 11.6 Å². The van der Waals surface area contributed by atoms with Gasteiger partial charge in [0.25, 0.3) is 0 Å². The predicted molar refractivity (Wildman–Crippen MR) is 53.2 cm³/mol. The zero-order chi connectivity index (χ0) is 11.9. The number of hydrogen-bond donors (Lipinski definition) is 2. The molecule has 3 N–H and O–H groups in total. The topological polar surface area (TPSA) is 110 Å². The Labute approximate surface area is 91.6 Å². The van der Waals surface area contributed by atoms with Crippen LogP contribution in [0.5, 0.6) is 0 Å². The van der Waals surface area contributed by atoms with E-state index < -0.39 is 5.72 Å². The largest absolute Gasteiger partial charge is 0.379 e. The first-order valence-corrected chi connectivity index (χ1v) is 4.80. The number of nitrogens with zero attached hydrogens (tertiary/aromatic N) is 4. The third-order valence-electron chi connectivity index (χ3n) is 2.74. The van der Waals surface area contributed by atoms with Crippen LogP contribution >= 0.6 is 0 Å². The van der Waals surface area contributed by atoms with E-state index in [0.717, 1.165) is 5.06 Å². The van der Waals surface area contributed by atoms with Gasteiger partial charge in [-0.2, -0.15) is 5.06 Å². The molecule has 0 amide bonds. The average Bonchev–Trinajstić information content (AvgIpc) is 2.75. The molecule has 8 nitrogen and oxygen atoms in total. The Hall–Kier alpha value is -1.83. The van der Waals surface area contributed by atoms with Crippen LogP contribution in [-0.4, -0.2) is 32.1 Å². The van der Waals surface area contributed by atoms with Gasteiger partial charge < -0.3 is 10.6 Å². The molecule has 1 aliphatic heterocycles. The summed E-state index contributed by atoms with van der Waals surface area (Å²) < 4.78 is 4.44. The molecule has 88 valence electrons. The molecule has 0 aromatic carbocycles. The number of anilines is 1. The third-order valence-corrected chi connectivity index (χ3v) is 2.74. The van der Waals surface area contributed by atoms with Crippen molar-refractivity contribution in [3.05, 3.63) is 5.69 Å². The van der Waals surface area contributed by atoms with E-state index in [1.54, 1.807) is 6.92 Å². The lowest BCUT2D eigenvalue weighted by atomic mass is 10.0. The number of amidine groups is 1. The maximum absolute atomic E-state index is 9.99. The fourth-order valence-electron chi connectivity index (χ4n) is 1.27. The Morgan fingerprint density at radius 3 is 2.56 bits per heavy atom.